The van der Waals surface area contributed by atoms with E-state index in [1.807, 2.05) is 0 Å². The predicted molar refractivity (Wildman–Crippen MR) is 144 cm³/mol. The van der Waals surface area contributed by atoms with Gasteiger partial charge in [-0.3, -0.25) is 15.2 Å². The first-order chi connectivity index (χ1) is 19.1. The zero-order valence-corrected chi connectivity index (χ0v) is 22.1. The lowest BCUT2D eigenvalue weighted by Gasteiger charge is -2.20. The van der Waals surface area contributed by atoms with Gasteiger partial charge in [0, 0.05) is 36.0 Å². The molecule has 13 nitrogen and oxygen atoms in total. The number of carboxylic acids is 1. The van der Waals surface area contributed by atoms with Gasteiger partial charge in [0.15, 0.2) is 23.1 Å². The summed E-state index contributed by atoms with van der Waals surface area (Å²) in [6.45, 7) is 1.08. The van der Waals surface area contributed by atoms with E-state index in [1.54, 1.807) is 36.4 Å². The van der Waals surface area contributed by atoms with Gasteiger partial charge >= 0.3 is 5.69 Å². The van der Waals surface area contributed by atoms with Crippen LogP contribution in [0.1, 0.15) is 29.9 Å². The van der Waals surface area contributed by atoms with Crippen molar-refractivity contribution in [2.45, 2.75) is 13.0 Å². The molecule has 0 bridgehead atoms. The van der Waals surface area contributed by atoms with Crippen molar-refractivity contribution in [2.24, 2.45) is 5.73 Å². The van der Waals surface area contributed by atoms with Crippen LogP contribution >= 0.6 is 0 Å². The fraction of sp³-hybridized carbons (Fsp3) is 0.192. The van der Waals surface area contributed by atoms with Crippen molar-refractivity contribution < 1.29 is 28.5 Å². The van der Waals surface area contributed by atoms with Crippen LogP contribution in [0.5, 0.6) is 17.2 Å². The molecule has 6 N–H and O–H groups in total. The lowest BCUT2D eigenvalue weighted by Crippen LogP contribution is -2.18. The molecule has 0 aliphatic carbocycles. The zero-order valence-electron chi connectivity index (χ0n) is 22.1. The molecule has 0 fully saturated rings. The Balaban J connectivity index is 0.00000103. The summed E-state index contributed by atoms with van der Waals surface area (Å²) in [7, 11) is 4.29. The van der Waals surface area contributed by atoms with Crippen molar-refractivity contribution in [2.75, 3.05) is 26.6 Å². The van der Waals surface area contributed by atoms with Crippen LogP contribution in [0.15, 0.2) is 59.5 Å². The molecular weight excluding hydrogens is 525 g/mol. The summed E-state index contributed by atoms with van der Waals surface area (Å²) < 4.78 is 32.2. The number of hydrogen-bond donors (Lipinski definition) is 5. The molecule has 14 heteroatoms. The molecule has 0 saturated carbocycles. The summed E-state index contributed by atoms with van der Waals surface area (Å²) in [5.74, 6) is -0.423. The van der Waals surface area contributed by atoms with E-state index >= 15 is 4.39 Å². The van der Waals surface area contributed by atoms with E-state index in [2.05, 4.69) is 20.4 Å². The lowest BCUT2D eigenvalue weighted by atomic mass is 10.0. The number of halogens is 1. The van der Waals surface area contributed by atoms with Gasteiger partial charge in [-0.25, -0.2) is 14.2 Å². The van der Waals surface area contributed by atoms with Gasteiger partial charge in [-0.1, -0.05) is 0 Å². The molecule has 40 heavy (non-hydrogen) atoms. The van der Waals surface area contributed by atoms with Crippen molar-refractivity contribution >= 4 is 17.5 Å². The third-order valence-electron chi connectivity index (χ3n) is 5.40. The average molecular weight is 554 g/mol. The topological polar surface area (TPSA) is 190 Å². The number of carboxylic acid groups (broad SMARTS) is 1. The number of aliphatic carboxylic acids is 1. The number of nitrogen functional groups attached to an aromatic ring is 1. The molecule has 4 aromatic rings. The van der Waals surface area contributed by atoms with Gasteiger partial charge in [0.1, 0.15) is 17.7 Å². The van der Waals surface area contributed by atoms with Gasteiger partial charge < -0.3 is 30.4 Å². The number of rotatable bonds is 9. The fourth-order valence-corrected chi connectivity index (χ4v) is 3.61. The number of nitrogens with one attached hydrogen (secondary N) is 3. The van der Waals surface area contributed by atoms with E-state index in [0.29, 0.717) is 22.7 Å². The van der Waals surface area contributed by atoms with Crippen molar-refractivity contribution in [1.29, 1.82) is 5.41 Å². The maximum absolute atomic E-state index is 15.3. The molecule has 210 valence electrons. The van der Waals surface area contributed by atoms with Crippen LogP contribution in [0.3, 0.4) is 0 Å². The number of nitrogens with two attached hydrogens (primary N) is 1. The summed E-state index contributed by atoms with van der Waals surface area (Å²) in [5, 5.41) is 22.6. The van der Waals surface area contributed by atoms with E-state index in [0.717, 1.165) is 11.6 Å². The predicted octanol–water partition coefficient (Wildman–Crippen LogP) is 2.70. The Labute approximate surface area is 227 Å². The van der Waals surface area contributed by atoms with Gasteiger partial charge in [0.05, 0.1) is 21.3 Å². The summed E-state index contributed by atoms with van der Waals surface area (Å²) in [5.41, 5.74) is 6.17. The molecule has 2 heterocycles. The lowest BCUT2D eigenvalue weighted by molar-refractivity contribution is -0.134. The highest BCUT2D eigenvalue weighted by Gasteiger charge is 2.26. The van der Waals surface area contributed by atoms with E-state index in [-0.39, 0.29) is 28.8 Å². The van der Waals surface area contributed by atoms with E-state index < -0.39 is 23.5 Å². The standard InChI is InChI=1S/C24H24FN7O4.C2H4O2/c1-34-17-5-4-10-28-23(17)32-24(33)30-22(31-32)20(29-14-8-6-13(7-9-14)21(26)27)15-11-18(35-2)19(36-3)12-16(15)25;1-2(3)4/h4-12,20,29H,1-3H3,(H3,26,27)(H,30,31,33);1H3,(H,3,4). The Morgan fingerprint density at radius 3 is 2.27 bits per heavy atom. The number of amidine groups is 1. The second kappa shape index (κ2) is 12.9. The van der Waals surface area contributed by atoms with Crippen molar-refractivity contribution in [3.05, 3.63) is 88.0 Å². The molecule has 0 spiro atoms. The number of H-pyrrole nitrogens is 1. The Bertz CT molecular complexity index is 1550. The Kier molecular flexibility index (Phi) is 9.41. The number of hydrogen-bond acceptors (Lipinski definition) is 9. The van der Waals surface area contributed by atoms with E-state index in [9.17, 15) is 4.79 Å². The summed E-state index contributed by atoms with van der Waals surface area (Å²) in [4.78, 5) is 28.7. The number of benzene rings is 2. The van der Waals surface area contributed by atoms with Crippen LogP contribution in [0, 0.1) is 11.2 Å². The SMILES string of the molecule is CC(=O)O.COc1cc(F)c(C(Nc2ccc(C(=N)N)cc2)c2nn(-c3ncccc3OC)c(=O)[nH]2)cc1OC. The number of ether oxygens (including phenoxy) is 3. The molecule has 4 rings (SSSR count). The van der Waals surface area contributed by atoms with Crippen LogP contribution in [-0.2, 0) is 4.79 Å². The quantitative estimate of drug-likeness (QED) is 0.152. The van der Waals surface area contributed by atoms with Crippen LogP contribution in [0.25, 0.3) is 5.82 Å². The van der Waals surface area contributed by atoms with Crippen molar-refractivity contribution in [3.8, 4) is 23.1 Å². The monoisotopic (exact) mass is 553 g/mol. The smallest absolute Gasteiger partial charge is 0.349 e. The van der Waals surface area contributed by atoms with Gasteiger partial charge in [0.25, 0.3) is 5.97 Å². The first-order valence-electron chi connectivity index (χ1n) is 11.6. The molecule has 0 amide bonds. The Morgan fingerprint density at radius 1 is 1.10 bits per heavy atom. The molecule has 1 unspecified atom stereocenters. The number of nitrogens with zero attached hydrogens (tertiary/aromatic N) is 3. The zero-order chi connectivity index (χ0) is 29.4. The summed E-state index contributed by atoms with van der Waals surface area (Å²) >= 11 is 0. The molecule has 0 radical (unpaired) electrons. The highest BCUT2D eigenvalue weighted by atomic mass is 19.1. The van der Waals surface area contributed by atoms with Gasteiger partial charge in [-0.05, 0) is 42.5 Å². The van der Waals surface area contributed by atoms with Crippen LogP contribution in [-0.4, -0.2) is 58.0 Å². The minimum atomic E-state index is -0.961. The number of aromatic amines is 1. The highest BCUT2D eigenvalue weighted by molar-refractivity contribution is 5.95. The summed E-state index contributed by atoms with van der Waals surface area (Å²) in [6.07, 6.45) is 1.50. The fourth-order valence-electron chi connectivity index (χ4n) is 3.61. The van der Waals surface area contributed by atoms with Crippen LogP contribution < -0.4 is 31.0 Å². The molecule has 0 aliphatic rings. The van der Waals surface area contributed by atoms with Crippen LogP contribution in [0.4, 0.5) is 10.1 Å². The Hall–Kier alpha value is -5.40. The minimum Gasteiger partial charge on any atom is -0.493 e. The second-order valence-corrected chi connectivity index (χ2v) is 8.07. The Morgan fingerprint density at radius 2 is 1.70 bits per heavy atom. The largest absolute Gasteiger partial charge is 0.493 e. The highest BCUT2D eigenvalue weighted by Crippen LogP contribution is 2.35. The molecule has 2 aromatic carbocycles. The van der Waals surface area contributed by atoms with Gasteiger partial charge in [0.2, 0.25) is 5.82 Å². The molecule has 0 aliphatic heterocycles. The maximum atomic E-state index is 15.3. The minimum absolute atomic E-state index is 0.0867. The number of carbonyl (C=O) groups is 1. The number of methoxy groups -OCH3 is 3. The van der Waals surface area contributed by atoms with E-state index in [1.165, 1.54) is 39.7 Å². The summed E-state index contributed by atoms with van der Waals surface area (Å²) in [6, 6.07) is 11.7. The third kappa shape index (κ3) is 6.72. The normalized spacial score (nSPS) is 11.0. The van der Waals surface area contributed by atoms with Crippen molar-refractivity contribution in [3.63, 3.8) is 0 Å². The van der Waals surface area contributed by atoms with E-state index in [4.69, 9.17) is 35.3 Å². The average Bonchev–Trinajstić information content (AvgIpc) is 3.32. The molecule has 0 saturated heterocycles. The van der Waals surface area contributed by atoms with Gasteiger partial charge in [-0.15, -0.1) is 5.10 Å². The first kappa shape index (κ1) is 29.2. The number of anilines is 1. The molecule has 1 atom stereocenters. The first-order valence-corrected chi connectivity index (χ1v) is 11.6. The number of pyridine rings is 1. The maximum Gasteiger partial charge on any atom is 0.349 e. The molecule has 2 aromatic heterocycles. The van der Waals surface area contributed by atoms with Crippen LogP contribution in [0.2, 0.25) is 0 Å². The van der Waals surface area contributed by atoms with Gasteiger partial charge in [-0.2, -0.15) is 4.68 Å². The second-order valence-electron chi connectivity index (χ2n) is 8.07. The number of aromatic nitrogens is 4. The molecular formula is C26H28FN7O6. The third-order valence-corrected chi connectivity index (χ3v) is 5.40. The van der Waals surface area contributed by atoms with Crippen molar-refractivity contribution in [1.82, 2.24) is 19.7 Å².